The number of hydrogen-bond donors (Lipinski definition) is 1. The van der Waals surface area contributed by atoms with Crippen LogP contribution < -0.4 is 4.72 Å². The Kier molecular flexibility index (Phi) is 7.20. The van der Waals surface area contributed by atoms with Crippen LogP contribution in [0, 0.1) is 11.7 Å². The minimum absolute atomic E-state index is 0.202. The van der Waals surface area contributed by atoms with E-state index in [1.807, 2.05) is 18.4 Å². The summed E-state index contributed by atoms with van der Waals surface area (Å²) < 4.78 is 75.1. The van der Waals surface area contributed by atoms with Gasteiger partial charge in [0.15, 0.2) is 6.61 Å². The largest absolute Gasteiger partial charge is 0.442 e. The fourth-order valence-corrected chi connectivity index (χ4v) is 7.04. The van der Waals surface area contributed by atoms with Gasteiger partial charge >= 0.3 is 6.09 Å². The Morgan fingerprint density at radius 2 is 2.08 bits per heavy atom. The third kappa shape index (κ3) is 5.75. The summed E-state index contributed by atoms with van der Waals surface area (Å²) in [4.78, 5) is 16.9. The number of ether oxygens (including phenoxy) is 1. The normalized spacial score (nSPS) is 15.8. The molecule has 194 valence electrons. The Hall–Kier alpha value is -2.86. The van der Waals surface area contributed by atoms with E-state index in [0.29, 0.717) is 30.9 Å². The number of rotatable bonds is 8. The second kappa shape index (κ2) is 9.89. The zero-order chi connectivity index (χ0) is 26.3. The molecular weight excluding hydrogens is 515 g/mol. The first kappa shape index (κ1) is 26.2. The van der Waals surface area contributed by atoms with Crippen LogP contribution in [0.15, 0.2) is 40.9 Å². The number of alkyl halides is 2. The van der Waals surface area contributed by atoms with Gasteiger partial charge in [0, 0.05) is 41.7 Å². The van der Waals surface area contributed by atoms with Crippen LogP contribution in [-0.2, 0) is 27.6 Å². The molecule has 4 rings (SSSR count). The topological polar surface area (TPSA) is 90.3 Å². The number of carbonyl (C=O) groups excluding carboxylic acids is 1. The summed E-state index contributed by atoms with van der Waals surface area (Å²) in [6.45, 7) is 3.21. The molecular formula is C24H26F3N3O4S2. The van der Waals surface area contributed by atoms with Gasteiger partial charge < -0.3 is 9.30 Å². The molecule has 0 bridgehead atoms. The molecule has 1 aliphatic rings. The van der Waals surface area contributed by atoms with E-state index in [-0.39, 0.29) is 21.7 Å². The first-order valence-electron chi connectivity index (χ1n) is 11.4. The highest BCUT2D eigenvalue weighted by atomic mass is 32.2. The maximum atomic E-state index is 15.3. The maximum absolute atomic E-state index is 15.3. The highest BCUT2D eigenvalue weighted by Crippen LogP contribution is 2.39. The molecule has 0 fully saturated rings. The quantitative estimate of drug-likeness (QED) is 0.404. The minimum atomic E-state index is -4.48. The van der Waals surface area contributed by atoms with Crippen LogP contribution in [0.4, 0.5) is 18.0 Å². The van der Waals surface area contributed by atoms with Gasteiger partial charge in [-0.1, -0.05) is 26.0 Å². The lowest BCUT2D eigenvalue weighted by Crippen LogP contribution is -2.33. The van der Waals surface area contributed by atoms with E-state index in [9.17, 15) is 22.0 Å². The lowest BCUT2D eigenvalue weighted by Gasteiger charge is -2.15. The SMILES string of the molecule is CC(C)Cc1cc(-c2ccc([C@@H]3CCc4nccn43)c(F)c2)c(S(=O)(=O)NC(=O)OCC(C)(F)F)s1. The van der Waals surface area contributed by atoms with E-state index in [2.05, 4.69) is 9.72 Å². The fourth-order valence-electron chi connectivity index (χ4n) is 4.20. The van der Waals surface area contributed by atoms with Crippen molar-refractivity contribution in [1.82, 2.24) is 14.3 Å². The van der Waals surface area contributed by atoms with Gasteiger partial charge in [-0.3, -0.25) is 0 Å². The van der Waals surface area contributed by atoms with Gasteiger partial charge in [-0.15, -0.1) is 11.3 Å². The van der Waals surface area contributed by atoms with Crippen LogP contribution in [0.3, 0.4) is 0 Å². The predicted octanol–water partition coefficient (Wildman–Crippen LogP) is 5.55. The highest BCUT2D eigenvalue weighted by Gasteiger charge is 2.30. The number of sulfonamides is 1. The molecule has 0 spiro atoms. The summed E-state index contributed by atoms with van der Waals surface area (Å²) in [5, 5.41) is 0. The van der Waals surface area contributed by atoms with Gasteiger partial charge in [0.2, 0.25) is 0 Å². The molecule has 1 N–H and O–H groups in total. The number of imidazole rings is 1. The van der Waals surface area contributed by atoms with Crippen molar-refractivity contribution in [1.29, 1.82) is 0 Å². The van der Waals surface area contributed by atoms with Crippen LogP contribution in [-0.4, -0.2) is 36.6 Å². The van der Waals surface area contributed by atoms with Crippen LogP contribution >= 0.6 is 11.3 Å². The maximum Gasteiger partial charge on any atom is 0.421 e. The number of hydrogen-bond acceptors (Lipinski definition) is 6. The van der Waals surface area contributed by atoms with E-state index in [4.69, 9.17) is 0 Å². The Bertz CT molecular complexity index is 1380. The molecule has 3 heterocycles. The molecule has 1 amide bonds. The third-order valence-electron chi connectivity index (χ3n) is 5.67. The molecule has 7 nitrogen and oxygen atoms in total. The molecule has 1 aliphatic heterocycles. The van der Waals surface area contributed by atoms with Crippen molar-refractivity contribution in [3.05, 3.63) is 58.7 Å². The van der Waals surface area contributed by atoms with Crippen LogP contribution in [0.5, 0.6) is 0 Å². The molecule has 1 atom stereocenters. The number of nitrogens with zero attached hydrogens (tertiary/aromatic N) is 2. The number of aryl methyl sites for hydroxylation is 1. The van der Waals surface area contributed by atoms with Gasteiger partial charge in [0.25, 0.3) is 15.9 Å². The van der Waals surface area contributed by atoms with E-state index in [1.165, 1.54) is 6.07 Å². The molecule has 0 saturated carbocycles. The summed E-state index contributed by atoms with van der Waals surface area (Å²) in [5.41, 5.74) is 1.01. The van der Waals surface area contributed by atoms with Crippen LogP contribution in [0.2, 0.25) is 0 Å². The van der Waals surface area contributed by atoms with Gasteiger partial charge in [-0.05, 0) is 36.5 Å². The number of fused-ring (bicyclic) bond motifs is 1. The number of halogens is 3. The van der Waals surface area contributed by atoms with Crippen molar-refractivity contribution in [3.63, 3.8) is 0 Å². The van der Waals surface area contributed by atoms with Gasteiger partial charge in [0.05, 0.1) is 6.04 Å². The zero-order valence-corrected chi connectivity index (χ0v) is 21.6. The van der Waals surface area contributed by atoms with Crippen molar-refractivity contribution in [3.8, 4) is 11.1 Å². The third-order valence-corrected chi connectivity index (χ3v) is 8.68. The smallest absolute Gasteiger partial charge is 0.421 e. The molecule has 12 heteroatoms. The molecule has 1 aromatic carbocycles. The molecule has 0 radical (unpaired) electrons. The van der Waals surface area contributed by atoms with E-state index in [1.54, 1.807) is 35.3 Å². The van der Waals surface area contributed by atoms with Crippen molar-refractivity contribution < 1.29 is 31.1 Å². The lowest BCUT2D eigenvalue weighted by atomic mass is 9.99. The number of thiophene rings is 1. The van der Waals surface area contributed by atoms with Crippen molar-refractivity contribution >= 4 is 27.5 Å². The first-order valence-corrected chi connectivity index (χ1v) is 13.7. The molecule has 3 aromatic rings. The first-order chi connectivity index (χ1) is 16.8. The monoisotopic (exact) mass is 541 g/mol. The summed E-state index contributed by atoms with van der Waals surface area (Å²) in [6.07, 6.45) is 3.97. The minimum Gasteiger partial charge on any atom is -0.442 e. The summed E-state index contributed by atoms with van der Waals surface area (Å²) >= 11 is 0.941. The zero-order valence-electron chi connectivity index (χ0n) is 19.9. The highest BCUT2D eigenvalue weighted by molar-refractivity contribution is 7.92. The number of carbonyl (C=O) groups is 1. The Balaban J connectivity index is 1.67. The van der Waals surface area contributed by atoms with E-state index < -0.39 is 34.5 Å². The number of amides is 1. The summed E-state index contributed by atoms with van der Waals surface area (Å²) in [6, 6.07) is 6.00. The van der Waals surface area contributed by atoms with Crippen molar-refractivity contribution in [2.75, 3.05) is 6.61 Å². The molecule has 36 heavy (non-hydrogen) atoms. The number of benzene rings is 1. The number of aromatic nitrogens is 2. The van der Waals surface area contributed by atoms with E-state index in [0.717, 1.165) is 28.5 Å². The fraction of sp³-hybridized carbons (Fsp3) is 0.417. The van der Waals surface area contributed by atoms with Crippen molar-refractivity contribution in [2.24, 2.45) is 5.92 Å². The average molecular weight is 542 g/mol. The summed E-state index contributed by atoms with van der Waals surface area (Å²) in [5.74, 6) is -2.71. The Labute approximate surface area is 211 Å². The summed E-state index contributed by atoms with van der Waals surface area (Å²) in [7, 11) is -4.48. The van der Waals surface area contributed by atoms with E-state index >= 15 is 4.39 Å². The molecule has 0 aliphatic carbocycles. The van der Waals surface area contributed by atoms with Crippen molar-refractivity contribution in [2.45, 2.75) is 56.2 Å². The Morgan fingerprint density at radius 3 is 2.75 bits per heavy atom. The van der Waals surface area contributed by atoms with Crippen LogP contribution in [0.1, 0.15) is 49.5 Å². The van der Waals surface area contributed by atoms with Crippen LogP contribution in [0.25, 0.3) is 11.1 Å². The van der Waals surface area contributed by atoms with Gasteiger partial charge in [-0.2, -0.15) is 0 Å². The predicted molar refractivity (Wildman–Crippen MR) is 129 cm³/mol. The second-order valence-electron chi connectivity index (χ2n) is 9.31. The molecule has 0 unspecified atom stereocenters. The molecule has 0 saturated heterocycles. The second-order valence-corrected chi connectivity index (χ2v) is 12.3. The van der Waals surface area contributed by atoms with Gasteiger partial charge in [0.1, 0.15) is 15.9 Å². The molecule has 2 aromatic heterocycles. The Morgan fingerprint density at radius 1 is 1.33 bits per heavy atom. The average Bonchev–Trinajstić information content (AvgIpc) is 3.47. The standard InChI is InChI=1S/C24H26F3N3O4S2/c1-14(2)10-16-12-18(22(35-16)36(32,33)29-23(31)34-13-24(3,26)27)15-4-5-17(19(25)11-15)20-6-7-21-28-8-9-30(20)21/h4-5,8-9,11-12,14,20H,6-7,10,13H2,1-3H3,(H,29,31)/t20-/m0/s1. The number of nitrogens with one attached hydrogen (secondary N) is 1. The van der Waals surface area contributed by atoms with Gasteiger partial charge in [-0.25, -0.2) is 36.1 Å². The lowest BCUT2D eigenvalue weighted by molar-refractivity contribution is -0.0375.